The zero-order valence-corrected chi connectivity index (χ0v) is 8.77. The van der Waals surface area contributed by atoms with Gasteiger partial charge < -0.3 is 14.4 Å². The predicted molar refractivity (Wildman–Crippen MR) is 56.6 cm³/mol. The highest BCUT2D eigenvalue weighted by Crippen LogP contribution is 2.09. The van der Waals surface area contributed by atoms with Crippen LogP contribution in [-0.4, -0.2) is 35.6 Å². The summed E-state index contributed by atoms with van der Waals surface area (Å²) in [6, 6.07) is 1.68. The monoisotopic (exact) mass is 209 g/mol. The first kappa shape index (κ1) is 11.5. The number of nitrogens with zero attached hydrogens (tertiary/aromatic N) is 1. The maximum absolute atomic E-state index is 11.8. The standard InChI is InChI=1S/C11H15NO3/c1-3-4-12(5-6-13)11(14)10-7-9(2)15-8-10/h3,7-8,13H,1,4-6H2,2H3. The Balaban J connectivity index is 2.75. The zero-order valence-electron chi connectivity index (χ0n) is 8.77. The van der Waals surface area contributed by atoms with Gasteiger partial charge in [-0.1, -0.05) is 6.08 Å². The highest BCUT2D eigenvalue weighted by Gasteiger charge is 2.15. The highest BCUT2D eigenvalue weighted by atomic mass is 16.3. The van der Waals surface area contributed by atoms with Crippen LogP contribution < -0.4 is 0 Å². The molecule has 0 radical (unpaired) electrons. The second-order valence-corrected chi connectivity index (χ2v) is 3.21. The maximum atomic E-state index is 11.8. The molecule has 4 nitrogen and oxygen atoms in total. The van der Waals surface area contributed by atoms with Crippen molar-refractivity contribution in [3.8, 4) is 0 Å². The molecular formula is C11H15NO3. The summed E-state index contributed by atoms with van der Waals surface area (Å²) in [5, 5.41) is 8.81. The quantitative estimate of drug-likeness (QED) is 0.741. The number of hydrogen-bond acceptors (Lipinski definition) is 3. The van der Waals surface area contributed by atoms with Crippen LogP contribution >= 0.6 is 0 Å². The number of aliphatic hydroxyl groups is 1. The van der Waals surface area contributed by atoms with Crippen molar-refractivity contribution in [3.05, 3.63) is 36.3 Å². The summed E-state index contributed by atoms with van der Waals surface area (Å²) in [4.78, 5) is 13.4. The number of aryl methyl sites for hydroxylation is 1. The first-order valence-corrected chi connectivity index (χ1v) is 4.75. The van der Waals surface area contributed by atoms with E-state index in [2.05, 4.69) is 6.58 Å². The van der Waals surface area contributed by atoms with Crippen LogP contribution in [0.4, 0.5) is 0 Å². The van der Waals surface area contributed by atoms with Gasteiger partial charge in [0.05, 0.1) is 12.2 Å². The topological polar surface area (TPSA) is 53.7 Å². The Morgan fingerprint density at radius 1 is 1.73 bits per heavy atom. The Morgan fingerprint density at radius 3 is 2.93 bits per heavy atom. The van der Waals surface area contributed by atoms with Crippen LogP contribution in [0.25, 0.3) is 0 Å². The molecule has 0 bridgehead atoms. The molecule has 4 heteroatoms. The lowest BCUT2D eigenvalue weighted by atomic mass is 10.2. The fraction of sp³-hybridized carbons (Fsp3) is 0.364. The van der Waals surface area contributed by atoms with E-state index in [1.165, 1.54) is 11.2 Å². The van der Waals surface area contributed by atoms with Crippen molar-refractivity contribution >= 4 is 5.91 Å². The van der Waals surface area contributed by atoms with Crippen LogP contribution in [-0.2, 0) is 0 Å². The molecule has 15 heavy (non-hydrogen) atoms. The van der Waals surface area contributed by atoms with Crippen LogP contribution in [0.15, 0.2) is 29.4 Å². The van der Waals surface area contributed by atoms with Gasteiger partial charge in [0.1, 0.15) is 12.0 Å². The fourth-order valence-corrected chi connectivity index (χ4v) is 1.29. The van der Waals surface area contributed by atoms with Gasteiger partial charge in [0.15, 0.2) is 0 Å². The molecule has 0 fully saturated rings. The van der Waals surface area contributed by atoms with E-state index in [1.54, 1.807) is 19.1 Å². The summed E-state index contributed by atoms with van der Waals surface area (Å²) in [5.74, 6) is 0.543. The lowest BCUT2D eigenvalue weighted by Crippen LogP contribution is -2.33. The van der Waals surface area contributed by atoms with Crippen molar-refractivity contribution in [2.24, 2.45) is 0 Å². The number of carbonyl (C=O) groups is 1. The van der Waals surface area contributed by atoms with E-state index < -0.39 is 0 Å². The molecule has 0 spiro atoms. The van der Waals surface area contributed by atoms with Crippen LogP contribution in [0.1, 0.15) is 16.1 Å². The Kier molecular flexibility index (Phi) is 4.12. The van der Waals surface area contributed by atoms with Crippen LogP contribution in [0, 0.1) is 6.92 Å². The molecule has 82 valence electrons. The van der Waals surface area contributed by atoms with Crippen LogP contribution in [0.2, 0.25) is 0 Å². The minimum atomic E-state index is -0.152. The number of rotatable bonds is 5. The zero-order chi connectivity index (χ0) is 11.3. The minimum absolute atomic E-state index is 0.0591. The van der Waals surface area contributed by atoms with Gasteiger partial charge in [-0.15, -0.1) is 6.58 Å². The van der Waals surface area contributed by atoms with Gasteiger partial charge in [-0.05, 0) is 13.0 Å². The molecule has 0 aliphatic carbocycles. The first-order chi connectivity index (χ1) is 7.19. The summed E-state index contributed by atoms with van der Waals surface area (Å²) in [7, 11) is 0. The molecule has 1 N–H and O–H groups in total. The van der Waals surface area contributed by atoms with E-state index in [4.69, 9.17) is 9.52 Å². The van der Waals surface area contributed by atoms with Crippen molar-refractivity contribution in [3.63, 3.8) is 0 Å². The van der Waals surface area contributed by atoms with E-state index in [-0.39, 0.29) is 12.5 Å². The lowest BCUT2D eigenvalue weighted by Gasteiger charge is -2.18. The molecule has 0 aromatic carbocycles. The Hall–Kier alpha value is -1.55. The summed E-state index contributed by atoms with van der Waals surface area (Å²) in [5.41, 5.74) is 0.503. The highest BCUT2D eigenvalue weighted by molar-refractivity contribution is 5.94. The van der Waals surface area contributed by atoms with E-state index in [0.717, 1.165) is 0 Å². The molecule has 0 atom stereocenters. The average Bonchev–Trinajstić information content (AvgIpc) is 2.63. The summed E-state index contributed by atoms with van der Waals surface area (Å²) >= 11 is 0. The molecule has 1 aromatic heterocycles. The smallest absolute Gasteiger partial charge is 0.257 e. The van der Waals surface area contributed by atoms with Gasteiger partial charge in [-0.3, -0.25) is 4.79 Å². The predicted octanol–water partition coefficient (Wildman–Crippen LogP) is 1.21. The second-order valence-electron chi connectivity index (χ2n) is 3.21. The van der Waals surface area contributed by atoms with Gasteiger partial charge in [0, 0.05) is 13.1 Å². The third-order valence-electron chi connectivity index (χ3n) is 1.98. The number of amides is 1. The molecule has 0 aliphatic rings. The summed E-state index contributed by atoms with van der Waals surface area (Å²) < 4.78 is 5.06. The largest absolute Gasteiger partial charge is 0.469 e. The first-order valence-electron chi connectivity index (χ1n) is 4.75. The van der Waals surface area contributed by atoms with E-state index in [1.807, 2.05) is 0 Å². The van der Waals surface area contributed by atoms with Crippen LogP contribution in [0.5, 0.6) is 0 Å². The Bertz CT molecular complexity index is 343. The number of carbonyl (C=O) groups excluding carboxylic acids is 1. The van der Waals surface area contributed by atoms with Gasteiger partial charge in [0.2, 0.25) is 0 Å². The van der Waals surface area contributed by atoms with E-state index >= 15 is 0 Å². The Labute approximate surface area is 88.8 Å². The lowest BCUT2D eigenvalue weighted by molar-refractivity contribution is 0.0742. The van der Waals surface area contributed by atoms with Crippen molar-refractivity contribution in [2.75, 3.05) is 19.7 Å². The van der Waals surface area contributed by atoms with Gasteiger partial charge in [-0.25, -0.2) is 0 Å². The number of hydrogen-bond donors (Lipinski definition) is 1. The van der Waals surface area contributed by atoms with Crippen molar-refractivity contribution < 1.29 is 14.3 Å². The third kappa shape index (κ3) is 2.95. The second kappa shape index (κ2) is 5.36. The van der Waals surface area contributed by atoms with Gasteiger partial charge in [-0.2, -0.15) is 0 Å². The van der Waals surface area contributed by atoms with Gasteiger partial charge in [0.25, 0.3) is 5.91 Å². The normalized spacial score (nSPS) is 10.0. The minimum Gasteiger partial charge on any atom is -0.469 e. The van der Waals surface area contributed by atoms with Crippen molar-refractivity contribution in [2.45, 2.75) is 6.92 Å². The molecule has 1 rings (SSSR count). The number of furan rings is 1. The molecule has 1 aromatic rings. The SMILES string of the molecule is C=CCN(CCO)C(=O)c1coc(C)c1. The fourth-order valence-electron chi connectivity index (χ4n) is 1.29. The number of aliphatic hydroxyl groups excluding tert-OH is 1. The molecule has 0 saturated carbocycles. The van der Waals surface area contributed by atoms with Crippen molar-refractivity contribution in [1.82, 2.24) is 4.90 Å². The van der Waals surface area contributed by atoms with Crippen LogP contribution in [0.3, 0.4) is 0 Å². The molecule has 0 unspecified atom stereocenters. The Morgan fingerprint density at radius 2 is 2.47 bits per heavy atom. The molecule has 0 saturated heterocycles. The molecule has 1 heterocycles. The van der Waals surface area contributed by atoms with Gasteiger partial charge >= 0.3 is 0 Å². The summed E-state index contributed by atoms with van der Waals surface area (Å²) in [6.45, 7) is 6.01. The van der Waals surface area contributed by atoms with E-state index in [0.29, 0.717) is 24.4 Å². The molecule has 1 amide bonds. The summed E-state index contributed by atoms with van der Waals surface area (Å²) in [6.07, 6.45) is 3.05. The van der Waals surface area contributed by atoms with Crippen molar-refractivity contribution in [1.29, 1.82) is 0 Å². The van der Waals surface area contributed by atoms with E-state index in [9.17, 15) is 4.79 Å². The maximum Gasteiger partial charge on any atom is 0.257 e. The average molecular weight is 209 g/mol. The molecule has 0 aliphatic heterocycles. The third-order valence-corrected chi connectivity index (χ3v) is 1.98. The molecular weight excluding hydrogens is 194 g/mol.